The van der Waals surface area contributed by atoms with E-state index in [9.17, 15) is 10.2 Å². The van der Waals surface area contributed by atoms with Crippen molar-refractivity contribution in [3.63, 3.8) is 0 Å². The summed E-state index contributed by atoms with van der Waals surface area (Å²) >= 11 is 0. The third-order valence-corrected chi connectivity index (χ3v) is 2.33. The number of para-hydroxylation sites is 1. The van der Waals surface area contributed by atoms with Gasteiger partial charge in [0.15, 0.2) is 0 Å². The number of rotatable bonds is 1. The van der Waals surface area contributed by atoms with Crippen molar-refractivity contribution in [2.75, 3.05) is 0 Å². The first-order valence-corrected chi connectivity index (χ1v) is 4.74. The average Bonchev–Trinajstić information content (AvgIpc) is 2.29. The summed E-state index contributed by atoms with van der Waals surface area (Å²) in [6, 6.07) is 13.4. The minimum atomic E-state index is -0.0803. The maximum Gasteiger partial charge on any atom is 0.133 e. The van der Waals surface area contributed by atoms with E-state index in [2.05, 4.69) is 0 Å². The van der Waals surface area contributed by atoms with Gasteiger partial charge in [-0.05, 0) is 23.8 Å². The summed E-state index contributed by atoms with van der Waals surface area (Å²) in [5.74, 6) is 0.0647. The fourth-order valence-electron chi connectivity index (χ4n) is 1.51. The molecule has 0 saturated heterocycles. The van der Waals surface area contributed by atoms with Crippen LogP contribution in [-0.4, -0.2) is 10.2 Å². The van der Waals surface area contributed by atoms with Gasteiger partial charge in [-0.25, -0.2) is 0 Å². The van der Waals surface area contributed by atoms with E-state index in [0.29, 0.717) is 11.1 Å². The largest absolute Gasteiger partial charge is 0.507 e. The highest BCUT2D eigenvalue weighted by molar-refractivity contribution is 5.72. The maximum absolute atomic E-state index is 9.63. The molecule has 2 N–H and O–H groups in total. The van der Waals surface area contributed by atoms with Crippen molar-refractivity contribution in [1.82, 2.24) is 0 Å². The second kappa shape index (κ2) is 3.95. The van der Waals surface area contributed by atoms with E-state index >= 15 is 0 Å². The Labute approximate surface area is 92.8 Å². The molecule has 0 aliphatic carbocycles. The van der Waals surface area contributed by atoms with Crippen LogP contribution in [0.2, 0.25) is 0 Å². The van der Waals surface area contributed by atoms with Gasteiger partial charge >= 0.3 is 0 Å². The Hall–Kier alpha value is -2.47. The van der Waals surface area contributed by atoms with Gasteiger partial charge in [0.25, 0.3) is 0 Å². The first kappa shape index (κ1) is 10.1. The zero-order valence-corrected chi connectivity index (χ0v) is 8.38. The van der Waals surface area contributed by atoms with Gasteiger partial charge in [0, 0.05) is 5.56 Å². The number of nitrogens with zero attached hydrogens (tertiary/aromatic N) is 1. The van der Waals surface area contributed by atoms with Crippen LogP contribution in [0.15, 0.2) is 42.5 Å². The van der Waals surface area contributed by atoms with E-state index in [1.807, 2.05) is 6.07 Å². The SMILES string of the molecule is N#Cc1ccc(-c2ccccc2O)cc1O. The summed E-state index contributed by atoms with van der Waals surface area (Å²) < 4.78 is 0. The number of hydrogen-bond donors (Lipinski definition) is 2. The number of aromatic hydroxyl groups is 2. The third-order valence-electron chi connectivity index (χ3n) is 2.33. The zero-order chi connectivity index (χ0) is 11.5. The second-order valence-electron chi connectivity index (χ2n) is 3.36. The molecule has 0 unspecified atom stereocenters. The number of nitriles is 1. The van der Waals surface area contributed by atoms with Crippen LogP contribution in [0.4, 0.5) is 0 Å². The van der Waals surface area contributed by atoms with Crippen molar-refractivity contribution in [1.29, 1.82) is 5.26 Å². The lowest BCUT2D eigenvalue weighted by molar-refractivity contribution is 0.473. The van der Waals surface area contributed by atoms with Crippen molar-refractivity contribution >= 4 is 0 Å². The molecule has 0 atom stereocenters. The Bertz CT molecular complexity index is 570. The van der Waals surface area contributed by atoms with E-state index in [-0.39, 0.29) is 17.1 Å². The fraction of sp³-hybridized carbons (Fsp3) is 0. The molecule has 2 rings (SSSR count). The maximum atomic E-state index is 9.63. The number of hydrogen-bond acceptors (Lipinski definition) is 3. The summed E-state index contributed by atoms with van der Waals surface area (Å²) in [4.78, 5) is 0. The number of phenolic OH excluding ortho intramolecular Hbond substituents is 2. The van der Waals surface area contributed by atoms with Crippen LogP contribution in [-0.2, 0) is 0 Å². The molecule has 0 heterocycles. The van der Waals surface area contributed by atoms with E-state index in [1.54, 1.807) is 30.3 Å². The molecule has 0 radical (unpaired) electrons. The van der Waals surface area contributed by atoms with Crippen LogP contribution >= 0.6 is 0 Å². The molecule has 16 heavy (non-hydrogen) atoms. The van der Waals surface area contributed by atoms with Gasteiger partial charge in [-0.2, -0.15) is 5.26 Å². The molecule has 0 spiro atoms. The topological polar surface area (TPSA) is 64.2 Å². The Morgan fingerprint density at radius 2 is 1.69 bits per heavy atom. The smallest absolute Gasteiger partial charge is 0.133 e. The molecule has 2 aromatic rings. The molecule has 3 nitrogen and oxygen atoms in total. The lowest BCUT2D eigenvalue weighted by Gasteiger charge is -2.05. The molecule has 0 fully saturated rings. The van der Waals surface area contributed by atoms with Gasteiger partial charge < -0.3 is 10.2 Å². The van der Waals surface area contributed by atoms with Gasteiger partial charge in [-0.15, -0.1) is 0 Å². The number of benzene rings is 2. The van der Waals surface area contributed by atoms with Crippen LogP contribution in [0.1, 0.15) is 5.56 Å². The highest BCUT2D eigenvalue weighted by atomic mass is 16.3. The van der Waals surface area contributed by atoms with E-state index in [4.69, 9.17) is 5.26 Å². The van der Waals surface area contributed by atoms with Gasteiger partial charge in [0.1, 0.15) is 17.6 Å². The summed E-state index contributed by atoms with van der Waals surface area (Å²) in [6.07, 6.45) is 0. The monoisotopic (exact) mass is 211 g/mol. The molecular formula is C13H9NO2. The second-order valence-corrected chi connectivity index (χ2v) is 3.36. The lowest BCUT2D eigenvalue weighted by Crippen LogP contribution is -1.81. The van der Waals surface area contributed by atoms with E-state index in [0.717, 1.165) is 0 Å². The average molecular weight is 211 g/mol. The van der Waals surface area contributed by atoms with Crippen molar-refractivity contribution in [2.45, 2.75) is 0 Å². The molecular weight excluding hydrogens is 202 g/mol. The standard InChI is InChI=1S/C13H9NO2/c14-8-10-6-5-9(7-13(10)16)11-3-1-2-4-12(11)15/h1-7,15-16H. The minimum absolute atomic E-state index is 0.0803. The molecule has 0 amide bonds. The van der Waals surface area contributed by atoms with E-state index < -0.39 is 0 Å². The Balaban J connectivity index is 2.55. The fourth-order valence-corrected chi connectivity index (χ4v) is 1.51. The summed E-state index contributed by atoms with van der Waals surface area (Å²) in [5.41, 5.74) is 1.52. The number of phenols is 2. The van der Waals surface area contributed by atoms with Crippen molar-refractivity contribution in [2.24, 2.45) is 0 Å². The molecule has 78 valence electrons. The minimum Gasteiger partial charge on any atom is -0.507 e. The summed E-state index contributed by atoms with van der Waals surface area (Å²) in [7, 11) is 0. The first-order chi connectivity index (χ1) is 7.72. The summed E-state index contributed by atoms with van der Waals surface area (Å²) in [6.45, 7) is 0. The van der Waals surface area contributed by atoms with Crippen molar-refractivity contribution in [3.05, 3.63) is 48.0 Å². The van der Waals surface area contributed by atoms with Crippen LogP contribution in [0.3, 0.4) is 0 Å². The summed E-state index contributed by atoms with van der Waals surface area (Å²) in [5, 5.41) is 27.8. The highest BCUT2D eigenvalue weighted by Crippen LogP contribution is 2.31. The van der Waals surface area contributed by atoms with Gasteiger partial charge in [-0.1, -0.05) is 24.3 Å². The Morgan fingerprint density at radius 1 is 0.938 bits per heavy atom. The molecule has 0 aromatic heterocycles. The Kier molecular flexibility index (Phi) is 2.49. The molecule has 0 aliphatic rings. The van der Waals surface area contributed by atoms with Crippen molar-refractivity contribution < 1.29 is 10.2 Å². The van der Waals surface area contributed by atoms with Crippen LogP contribution in [0, 0.1) is 11.3 Å². The van der Waals surface area contributed by atoms with Crippen LogP contribution in [0.5, 0.6) is 11.5 Å². The van der Waals surface area contributed by atoms with Crippen molar-refractivity contribution in [3.8, 4) is 28.7 Å². The molecule has 0 aliphatic heterocycles. The lowest BCUT2D eigenvalue weighted by atomic mass is 10.0. The zero-order valence-electron chi connectivity index (χ0n) is 8.38. The van der Waals surface area contributed by atoms with Gasteiger partial charge in [0.05, 0.1) is 5.56 Å². The molecule has 2 aromatic carbocycles. The highest BCUT2D eigenvalue weighted by Gasteiger charge is 2.06. The molecule has 0 bridgehead atoms. The predicted molar refractivity (Wildman–Crippen MR) is 59.9 cm³/mol. The Morgan fingerprint density at radius 3 is 2.31 bits per heavy atom. The van der Waals surface area contributed by atoms with Crippen LogP contribution < -0.4 is 0 Å². The van der Waals surface area contributed by atoms with Crippen LogP contribution in [0.25, 0.3) is 11.1 Å². The van der Waals surface area contributed by atoms with Gasteiger partial charge in [0.2, 0.25) is 0 Å². The third kappa shape index (κ3) is 1.69. The quantitative estimate of drug-likeness (QED) is 0.762. The first-order valence-electron chi connectivity index (χ1n) is 4.74. The predicted octanol–water partition coefficient (Wildman–Crippen LogP) is 2.64. The van der Waals surface area contributed by atoms with E-state index in [1.165, 1.54) is 12.1 Å². The molecule has 3 heteroatoms. The van der Waals surface area contributed by atoms with Gasteiger partial charge in [-0.3, -0.25) is 0 Å². The molecule has 0 saturated carbocycles. The normalized spacial score (nSPS) is 9.69.